The van der Waals surface area contributed by atoms with Crippen LogP contribution in [0.15, 0.2) is 41.8 Å². The lowest BCUT2D eigenvalue weighted by Gasteiger charge is -2.30. The number of aromatic nitrogens is 1. The number of rotatable bonds is 6. The van der Waals surface area contributed by atoms with Crippen LogP contribution in [0.2, 0.25) is 0 Å². The molecule has 0 saturated carbocycles. The van der Waals surface area contributed by atoms with Crippen LogP contribution >= 0.6 is 0 Å². The fraction of sp³-hybridized carbons (Fsp3) is 0.381. The molecule has 0 amide bonds. The Bertz CT molecular complexity index is 970. The van der Waals surface area contributed by atoms with E-state index in [0.717, 1.165) is 27.4 Å². The Morgan fingerprint density at radius 3 is 2.36 bits per heavy atom. The molecule has 0 aliphatic carbocycles. The Morgan fingerprint density at radius 1 is 1.14 bits per heavy atom. The zero-order valence-corrected chi connectivity index (χ0v) is 17.5. The van der Waals surface area contributed by atoms with Crippen molar-refractivity contribution in [2.75, 3.05) is 32.7 Å². The molecule has 1 saturated heterocycles. The van der Waals surface area contributed by atoms with Crippen LogP contribution in [0.25, 0.3) is 6.08 Å². The molecule has 7 heteroatoms. The number of nitrogens with zero attached hydrogens (tertiary/aromatic N) is 2. The number of carbonyl (C=O) groups is 1. The van der Waals surface area contributed by atoms with Crippen molar-refractivity contribution in [1.82, 2.24) is 8.87 Å². The lowest BCUT2D eigenvalue weighted by molar-refractivity contribution is -0.895. The topological polar surface area (TPSA) is 63.8 Å². The van der Waals surface area contributed by atoms with Gasteiger partial charge in [-0.3, -0.25) is 4.79 Å². The van der Waals surface area contributed by atoms with E-state index in [9.17, 15) is 13.2 Å². The molecule has 1 fully saturated rings. The molecule has 1 N–H and O–H groups in total. The molecule has 150 valence electrons. The highest BCUT2D eigenvalue weighted by Crippen LogP contribution is 2.13. The normalized spacial score (nSPS) is 16.7. The van der Waals surface area contributed by atoms with Crippen molar-refractivity contribution in [2.45, 2.75) is 13.8 Å². The molecule has 3 rings (SSSR count). The Labute approximate surface area is 167 Å². The zero-order valence-electron chi connectivity index (χ0n) is 16.7. The van der Waals surface area contributed by atoms with Gasteiger partial charge in [-0.05, 0) is 31.6 Å². The van der Waals surface area contributed by atoms with Gasteiger partial charge in [0.2, 0.25) is 15.8 Å². The number of Topliss-reactive ketones (excluding diaryl/α,β-unsaturated/α-hetero) is 1. The van der Waals surface area contributed by atoms with Crippen molar-refractivity contribution < 1.29 is 18.1 Å². The predicted octanol–water partition coefficient (Wildman–Crippen LogP) is 1.03. The summed E-state index contributed by atoms with van der Waals surface area (Å²) in [6, 6.07) is 11.3. The number of carbonyl (C=O) groups excluding carboxylic acids is 1. The van der Waals surface area contributed by atoms with Crippen molar-refractivity contribution >= 4 is 21.9 Å². The summed E-state index contributed by atoms with van der Waals surface area (Å²) >= 11 is 0. The molecule has 1 aromatic carbocycles. The summed E-state index contributed by atoms with van der Waals surface area (Å²) in [5, 5.41) is 1.27. The van der Waals surface area contributed by atoms with Gasteiger partial charge in [0.05, 0.1) is 26.2 Å². The number of benzene rings is 1. The third-order valence-corrected chi connectivity index (χ3v) is 7.07. The molecule has 2 aromatic rings. The van der Waals surface area contributed by atoms with E-state index in [1.165, 1.54) is 9.71 Å². The molecular formula is C21H28N3O3S+. The van der Waals surface area contributed by atoms with E-state index in [1.54, 1.807) is 6.08 Å². The number of quaternary nitrogens is 1. The largest absolute Gasteiger partial charge is 0.351 e. The van der Waals surface area contributed by atoms with Crippen LogP contribution in [-0.2, 0) is 17.1 Å². The minimum absolute atomic E-state index is 0.122. The van der Waals surface area contributed by atoms with Crippen LogP contribution in [0, 0.1) is 13.8 Å². The van der Waals surface area contributed by atoms with Crippen LogP contribution in [0.3, 0.4) is 0 Å². The van der Waals surface area contributed by atoms with Gasteiger partial charge in [-0.2, -0.15) is 4.31 Å². The molecule has 1 aliphatic rings. The van der Waals surface area contributed by atoms with Crippen LogP contribution in [0.4, 0.5) is 0 Å². The summed E-state index contributed by atoms with van der Waals surface area (Å²) in [5.41, 5.74) is 3.67. The quantitative estimate of drug-likeness (QED) is 0.734. The van der Waals surface area contributed by atoms with Crippen molar-refractivity contribution in [2.24, 2.45) is 7.05 Å². The van der Waals surface area contributed by atoms with E-state index < -0.39 is 10.0 Å². The molecule has 6 nitrogen and oxygen atoms in total. The molecule has 1 aliphatic heterocycles. The van der Waals surface area contributed by atoms with E-state index in [2.05, 4.69) is 0 Å². The van der Waals surface area contributed by atoms with E-state index in [4.69, 9.17) is 0 Å². The summed E-state index contributed by atoms with van der Waals surface area (Å²) in [6.45, 7) is 6.47. The number of hydrogen-bond acceptors (Lipinski definition) is 3. The van der Waals surface area contributed by atoms with E-state index >= 15 is 0 Å². The van der Waals surface area contributed by atoms with Gasteiger partial charge in [0.1, 0.15) is 6.54 Å². The molecule has 1 aromatic heterocycles. The SMILES string of the molecule is Cc1cc(C(=O)C[NH+]2CCN(S(=O)(=O)/C=C/c3ccccc3)CC2)c(C)n1C. The number of nitrogens with one attached hydrogen (secondary N) is 1. The van der Waals surface area contributed by atoms with Gasteiger partial charge in [-0.1, -0.05) is 30.3 Å². The van der Waals surface area contributed by atoms with Gasteiger partial charge in [0, 0.05) is 29.4 Å². The second-order valence-corrected chi connectivity index (χ2v) is 9.17. The van der Waals surface area contributed by atoms with Crippen molar-refractivity contribution in [3.63, 3.8) is 0 Å². The number of sulfonamides is 1. The van der Waals surface area contributed by atoms with Crippen LogP contribution in [0.1, 0.15) is 27.3 Å². The van der Waals surface area contributed by atoms with Gasteiger partial charge < -0.3 is 9.47 Å². The van der Waals surface area contributed by atoms with Crippen molar-refractivity contribution in [1.29, 1.82) is 0 Å². The lowest BCUT2D eigenvalue weighted by Crippen LogP contribution is -3.15. The lowest BCUT2D eigenvalue weighted by atomic mass is 10.1. The third-order valence-electron chi connectivity index (χ3n) is 5.51. The Morgan fingerprint density at radius 2 is 1.79 bits per heavy atom. The molecule has 0 bridgehead atoms. The standard InChI is InChI=1S/C21H27N3O3S/c1-17-15-20(18(2)22(17)3)21(25)16-23-10-12-24(13-11-23)28(26,27)14-9-19-7-5-4-6-8-19/h4-9,14-15H,10-13,16H2,1-3H3/p+1/b14-9+. The monoisotopic (exact) mass is 402 g/mol. The molecule has 2 heterocycles. The van der Waals surface area contributed by atoms with Crippen LogP contribution < -0.4 is 4.90 Å². The van der Waals surface area contributed by atoms with E-state index in [0.29, 0.717) is 32.7 Å². The first-order valence-corrected chi connectivity index (χ1v) is 11.0. The van der Waals surface area contributed by atoms with Crippen LogP contribution in [0.5, 0.6) is 0 Å². The molecule has 0 unspecified atom stereocenters. The Kier molecular flexibility index (Phi) is 6.17. The van der Waals surface area contributed by atoms with E-state index in [1.807, 2.05) is 61.9 Å². The van der Waals surface area contributed by atoms with Gasteiger partial charge in [0.15, 0.2) is 0 Å². The van der Waals surface area contributed by atoms with Gasteiger partial charge in [0.25, 0.3) is 0 Å². The van der Waals surface area contributed by atoms with Gasteiger partial charge in [-0.25, -0.2) is 8.42 Å². The second kappa shape index (κ2) is 8.43. The summed E-state index contributed by atoms with van der Waals surface area (Å²) in [7, 11) is -1.48. The summed E-state index contributed by atoms with van der Waals surface area (Å²) in [5.74, 6) is 0.122. The average Bonchev–Trinajstić information content (AvgIpc) is 2.95. The number of ketones is 1. The Balaban J connectivity index is 1.57. The first kappa shape index (κ1) is 20.5. The fourth-order valence-corrected chi connectivity index (χ4v) is 4.70. The number of aryl methyl sites for hydroxylation is 1. The van der Waals surface area contributed by atoms with Gasteiger partial charge >= 0.3 is 0 Å². The highest BCUT2D eigenvalue weighted by Gasteiger charge is 2.29. The molecular weight excluding hydrogens is 374 g/mol. The smallest absolute Gasteiger partial charge is 0.236 e. The number of hydrogen-bond donors (Lipinski definition) is 1. The maximum atomic E-state index is 12.7. The fourth-order valence-electron chi connectivity index (χ4n) is 3.51. The van der Waals surface area contributed by atoms with E-state index in [-0.39, 0.29) is 5.78 Å². The zero-order chi connectivity index (χ0) is 20.3. The first-order valence-electron chi connectivity index (χ1n) is 9.51. The second-order valence-electron chi connectivity index (χ2n) is 7.35. The van der Waals surface area contributed by atoms with Gasteiger partial charge in [-0.15, -0.1) is 0 Å². The average molecular weight is 403 g/mol. The summed E-state index contributed by atoms with van der Waals surface area (Å²) < 4.78 is 28.6. The third kappa shape index (κ3) is 4.60. The van der Waals surface area contributed by atoms with Crippen molar-refractivity contribution in [3.05, 3.63) is 64.3 Å². The molecule has 28 heavy (non-hydrogen) atoms. The minimum atomic E-state index is -3.44. The number of piperazine rings is 1. The molecule has 0 spiro atoms. The highest BCUT2D eigenvalue weighted by molar-refractivity contribution is 7.92. The highest BCUT2D eigenvalue weighted by atomic mass is 32.2. The van der Waals surface area contributed by atoms with Crippen LogP contribution in [-0.4, -0.2) is 55.8 Å². The maximum Gasteiger partial charge on any atom is 0.236 e. The Hall–Kier alpha value is -2.22. The summed E-state index contributed by atoms with van der Waals surface area (Å²) in [4.78, 5) is 13.8. The molecule has 0 radical (unpaired) electrons. The predicted molar refractivity (Wildman–Crippen MR) is 111 cm³/mol. The van der Waals surface area contributed by atoms with Crippen molar-refractivity contribution in [3.8, 4) is 0 Å². The summed E-state index contributed by atoms with van der Waals surface area (Å²) in [6.07, 6.45) is 1.62. The maximum absolute atomic E-state index is 12.7. The first-order chi connectivity index (χ1) is 13.3. The molecule has 0 atom stereocenters. The minimum Gasteiger partial charge on any atom is -0.351 e.